The third kappa shape index (κ3) is 2.33. The minimum atomic E-state index is -0.526. The number of halogens is 2. The van der Waals surface area contributed by atoms with E-state index in [0.29, 0.717) is 14.8 Å². The molecule has 1 heterocycles. The van der Waals surface area contributed by atoms with Crippen molar-refractivity contribution in [1.82, 2.24) is 0 Å². The van der Waals surface area contributed by atoms with Crippen LogP contribution in [-0.2, 0) is 0 Å². The number of hydrogen-bond acceptors (Lipinski definition) is 3. The summed E-state index contributed by atoms with van der Waals surface area (Å²) in [7, 11) is 0. The summed E-state index contributed by atoms with van der Waals surface area (Å²) in [6.07, 6.45) is 0. The van der Waals surface area contributed by atoms with Gasteiger partial charge in [-0.2, -0.15) is 0 Å². The molecule has 0 saturated carbocycles. The molecule has 1 aromatic heterocycles. The van der Waals surface area contributed by atoms with Crippen molar-refractivity contribution in [3.05, 3.63) is 50.4 Å². The first-order valence-corrected chi connectivity index (χ1v) is 6.04. The quantitative estimate of drug-likeness (QED) is 0.668. The lowest BCUT2D eigenvalue weighted by molar-refractivity contribution is 0.104. The number of benzene rings is 1. The van der Waals surface area contributed by atoms with Gasteiger partial charge in [-0.15, -0.1) is 11.3 Å². The van der Waals surface area contributed by atoms with Gasteiger partial charge in [-0.05, 0) is 36.8 Å². The van der Waals surface area contributed by atoms with Crippen LogP contribution in [0.25, 0.3) is 0 Å². The summed E-state index contributed by atoms with van der Waals surface area (Å²) in [5, 5.41) is 0. The molecule has 0 aliphatic rings. The van der Waals surface area contributed by atoms with E-state index in [9.17, 15) is 9.18 Å². The zero-order valence-corrected chi connectivity index (χ0v) is 10.5. The number of rotatable bonds is 2. The summed E-state index contributed by atoms with van der Waals surface area (Å²) < 4.78 is 13.6. The third-order valence-electron chi connectivity index (χ3n) is 2.34. The fourth-order valence-electron chi connectivity index (χ4n) is 1.40. The molecule has 0 atom stereocenters. The summed E-state index contributed by atoms with van der Waals surface area (Å²) in [5.41, 5.74) is 6.61. The number of thiophene rings is 1. The SMILES string of the molecule is Cc1cc(C(=O)c2ccc(F)c(N)c2)sc1Cl. The first-order valence-electron chi connectivity index (χ1n) is 4.84. The first kappa shape index (κ1) is 12.1. The molecule has 0 saturated heterocycles. The second-order valence-electron chi connectivity index (χ2n) is 3.63. The van der Waals surface area contributed by atoms with E-state index in [4.69, 9.17) is 17.3 Å². The molecule has 5 heteroatoms. The van der Waals surface area contributed by atoms with Gasteiger partial charge in [-0.25, -0.2) is 4.39 Å². The Morgan fingerprint density at radius 2 is 2.12 bits per heavy atom. The Bertz CT molecular complexity index is 575. The van der Waals surface area contributed by atoms with Crippen LogP contribution in [0.5, 0.6) is 0 Å². The van der Waals surface area contributed by atoms with Gasteiger partial charge in [0, 0.05) is 5.56 Å². The molecule has 2 rings (SSSR count). The smallest absolute Gasteiger partial charge is 0.203 e. The van der Waals surface area contributed by atoms with E-state index in [-0.39, 0.29) is 11.5 Å². The van der Waals surface area contributed by atoms with Crippen molar-refractivity contribution < 1.29 is 9.18 Å². The molecule has 1 aromatic carbocycles. The predicted octanol–water partition coefficient (Wildman–Crippen LogP) is 3.66. The van der Waals surface area contributed by atoms with E-state index in [1.54, 1.807) is 6.07 Å². The van der Waals surface area contributed by atoms with Crippen molar-refractivity contribution in [2.45, 2.75) is 6.92 Å². The first-order chi connectivity index (χ1) is 7.99. The highest BCUT2D eigenvalue weighted by Crippen LogP contribution is 2.29. The van der Waals surface area contributed by atoms with Crippen LogP contribution in [0, 0.1) is 12.7 Å². The van der Waals surface area contributed by atoms with Crippen LogP contribution in [-0.4, -0.2) is 5.78 Å². The van der Waals surface area contributed by atoms with Crippen molar-refractivity contribution >= 4 is 34.4 Å². The maximum atomic E-state index is 13.0. The molecule has 0 spiro atoms. The Morgan fingerprint density at radius 3 is 2.65 bits per heavy atom. The van der Waals surface area contributed by atoms with Crippen LogP contribution in [0.1, 0.15) is 20.8 Å². The lowest BCUT2D eigenvalue weighted by Gasteiger charge is -2.00. The summed E-state index contributed by atoms with van der Waals surface area (Å²) in [4.78, 5) is 12.6. The number of ketones is 1. The summed E-state index contributed by atoms with van der Waals surface area (Å²) in [5.74, 6) is -0.723. The van der Waals surface area contributed by atoms with Gasteiger partial charge >= 0.3 is 0 Å². The highest BCUT2D eigenvalue weighted by Gasteiger charge is 2.14. The zero-order chi connectivity index (χ0) is 12.6. The lowest BCUT2D eigenvalue weighted by atomic mass is 10.1. The summed E-state index contributed by atoms with van der Waals surface area (Å²) in [6.45, 7) is 1.83. The van der Waals surface area contributed by atoms with Gasteiger partial charge in [0.25, 0.3) is 0 Å². The average Bonchev–Trinajstić information content (AvgIpc) is 2.62. The number of aryl methyl sites for hydroxylation is 1. The van der Waals surface area contributed by atoms with Gasteiger partial charge in [0.05, 0.1) is 14.9 Å². The topological polar surface area (TPSA) is 43.1 Å². The Labute approximate surface area is 107 Å². The monoisotopic (exact) mass is 269 g/mol. The van der Waals surface area contributed by atoms with Crippen LogP contribution in [0.2, 0.25) is 4.34 Å². The molecule has 0 aliphatic carbocycles. The molecule has 88 valence electrons. The number of anilines is 1. The van der Waals surface area contributed by atoms with Crippen molar-refractivity contribution in [3.8, 4) is 0 Å². The van der Waals surface area contributed by atoms with E-state index in [0.717, 1.165) is 5.56 Å². The van der Waals surface area contributed by atoms with Gasteiger partial charge in [0.1, 0.15) is 5.82 Å². The number of carbonyl (C=O) groups excluding carboxylic acids is 1. The third-order valence-corrected chi connectivity index (χ3v) is 3.89. The van der Waals surface area contributed by atoms with Crippen LogP contribution >= 0.6 is 22.9 Å². The molecular weight excluding hydrogens is 261 g/mol. The molecule has 17 heavy (non-hydrogen) atoms. The zero-order valence-electron chi connectivity index (χ0n) is 8.96. The van der Waals surface area contributed by atoms with E-state index in [1.165, 1.54) is 29.5 Å². The minimum absolute atomic E-state index is 0.0322. The van der Waals surface area contributed by atoms with Gasteiger partial charge < -0.3 is 5.73 Å². The summed E-state index contributed by atoms with van der Waals surface area (Å²) >= 11 is 7.11. The van der Waals surface area contributed by atoms with E-state index in [1.807, 2.05) is 6.92 Å². The molecule has 2 aromatic rings. The van der Waals surface area contributed by atoms with Gasteiger partial charge in [-0.3, -0.25) is 4.79 Å². The van der Waals surface area contributed by atoms with E-state index >= 15 is 0 Å². The fourth-order valence-corrected chi connectivity index (χ4v) is 2.56. The number of hydrogen-bond donors (Lipinski definition) is 1. The minimum Gasteiger partial charge on any atom is -0.396 e. The predicted molar refractivity (Wildman–Crippen MR) is 68.3 cm³/mol. The molecule has 0 amide bonds. The molecular formula is C12H9ClFNOS. The molecule has 0 aliphatic heterocycles. The number of carbonyl (C=O) groups is 1. The van der Waals surface area contributed by atoms with Crippen molar-refractivity contribution in [3.63, 3.8) is 0 Å². The fraction of sp³-hybridized carbons (Fsp3) is 0.0833. The normalized spacial score (nSPS) is 10.5. The molecule has 2 N–H and O–H groups in total. The maximum absolute atomic E-state index is 13.0. The second kappa shape index (κ2) is 4.47. The largest absolute Gasteiger partial charge is 0.396 e. The number of nitrogen functional groups attached to an aromatic ring is 1. The lowest BCUT2D eigenvalue weighted by Crippen LogP contribution is -2.01. The standard InChI is InChI=1S/C12H9ClFNOS/c1-6-4-10(17-12(6)13)11(16)7-2-3-8(14)9(15)5-7/h2-5H,15H2,1H3. The van der Waals surface area contributed by atoms with Crippen molar-refractivity contribution in [1.29, 1.82) is 0 Å². The maximum Gasteiger partial charge on any atom is 0.203 e. The van der Waals surface area contributed by atoms with Gasteiger partial charge in [0.2, 0.25) is 5.78 Å². The van der Waals surface area contributed by atoms with E-state index < -0.39 is 5.82 Å². The molecule has 0 fully saturated rings. The average molecular weight is 270 g/mol. The molecule has 2 nitrogen and oxygen atoms in total. The molecule has 0 bridgehead atoms. The van der Waals surface area contributed by atoms with Gasteiger partial charge in [-0.1, -0.05) is 11.6 Å². The van der Waals surface area contributed by atoms with Crippen molar-refractivity contribution in [2.75, 3.05) is 5.73 Å². The van der Waals surface area contributed by atoms with Crippen LogP contribution in [0.4, 0.5) is 10.1 Å². The van der Waals surface area contributed by atoms with Crippen LogP contribution in [0.3, 0.4) is 0 Å². The Kier molecular flexibility index (Phi) is 3.17. The highest BCUT2D eigenvalue weighted by molar-refractivity contribution is 7.18. The number of nitrogens with two attached hydrogens (primary N) is 1. The van der Waals surface area contributed by atoms with E-state index in [2.05, 4.69) is 0 Å². The van der Waals surface area contributed by atoms with Crippen LogP contribution < -0.4 is 5.73 Å². The Hall–Kier alpha value is -1.39. The van der Waals surface area contributed by atoms with Gasteiger partial charge in [0.15, 0.2) is 0 Å². The Morgan fingerprint density at radius 1 is 1.41 bits per heavy atom. The Balaban J connectivity index is 2.40. The second-order valence-corrected chi connectivity index (χ2v) is 5.29. The summed E-state index contributed by atoms with van der Waals surface area (Å²) in [6, 6.07) is 5.65. The molecule has 0 radical (unpaired) electrons. The van der Waals surface area contributed by atoms with Crippen molar-refractivity contribution in [2.24, 2.45) is 0 Å². The molecule has 0 unspecified atom stereocenters. The highest BCUT2D eigenvalue weighted by atomic mass is 35.5. The van der Waals surface area contributed by atoms with Crippen LogP contribution in [0.15, 0.2) is 24.3 Å².